The summed E-state index contributed by atoms with van der Waals surface area (Å²) in [5, 5.41) is 19.4. The number of unbranched alkanes of at least 4 members (excludes halogenated alkanes) is 2. The van der Waals surface area contributed by atoms with Crippen LogP contribution in [0, 0.1) is 18.8 Å². The van der Waals surface area contributed by atoms with Gasteiger partial charge in [0.1, 0.15) is 11.6 Å². The van der Waals surface area contributed by atoms with Crippen LogP contribution in [-0.2, 0) is 19.1 Å². The van der Waals surface area contributed by atoms with Gasteiger partial charge in [0.15, 0.2) is 0 Å². The van der Waals surface area contributed by atoms with E-state index in [1.807, 2.05) is 13.0 Å². The molecule has 1 aromatic carbocycles. The van der Waals surface area contributed by atoms with Gasteiger partial charge in [0.2, 0.25) is 5.91 Å². The largest absolute Gasteiger partial charge is 0.481 e. The maximum atomic E-state index is 14.2. The summed E-state index contributed by atoms with van der Waals surface area (Å²) < 4.78 is 6.25. The van der Waals surface area contributed by atoms with Crippen molar-refractivity contribution in [1.29, 1.82) is 0 Å². The molecule has 2 bridgehead atoms. The molecule has 0 aliphatic carbocycles. The molecule has 34 heavy (non-hydrogen) atoms. The van der Waals surface area contributed by atoms with E-state index in [4.69, 9.17) is 21.4 Å². The van der Waals surface area contributed by atoms with E-state index in [9.17, 15) is 19.5 Å². The van der Waals surface area contributed by atoms with Gasteiger partial charge in [0.05, 0.1) is 28.6 Å². The van der Waals surface area contributed by atoms with Gasteiger partial charge in [-0.1, -0.05) is 29.8 Å². The summed E-state index contributed by atoms with van der Waals surface area (Å²) in [5.74, 6) is -3.61. The normalized spacial score (nSPS) is 29.4. The Morgan fingerprint density at radius 1 is 1.35 bits per heavy atom. The third-order valence-electron chi connectivity index (χ3n) is 7.41. The highest BCUT2D eigenvalue weighted by molar-refractivity contribution is 6.34. The van der Waals surface area contributed by atoms with Gasteiger partial charge in [-0.25, -0.2) is 0 Å². The van der Waals surface area contributed by atoms with Gasteiger partial charge in [0, 0.05) is 19.7 Å². The minimum absolute atomic E-state index is 0.0492. The lowest BCUT2D eigenvalue weighted by Gasteiger charge is -2.37. The average Bonchev–Trinajstić information content (AvgIpc) is 3.43. The monoisotopic (exact) mass is 490 g/mol. The van der Waals surface area contributed by atoms with Gasteiger partial charge in [0.25, 0.3) is 5.91 Å². The van der Waals surface area contributed by atoms with Gasteiger partial charge >= 0.3 is 5.97 Å². The molecule has 0 radical (unpaired) electrons. The summed E-state index contributed by atoms with van der Waals surface area (Å²) in [5.41, 5.74) is 0.174. The van der Waals surface area contributed by atoms with Crippen LogP contribution < -0.4 is 4.90 Å². The number of aliphatic hydroxyl groups excluding tert-OH is 1. The molecule has 0 saturated carbocycles. The summed E-state index contributed by atoms with van der Waals surface area (Å²) in [7, 11) is 0. The Kier molecular flexibility index (Phi) is 7.03. The minimum atomic E-state index is -1.17. The van der Waals surface area contributed by atoms with Crippen molar-refractivity contribution in [3.63, 3.8) is 0 Å². The molecule has 3 aliphatic heterocycles. The standard InChI is InChI=1S/C25H31ClN2O6/c1-3-12-27(20-15(2)8-7-9-16(20)26)23(31)21-25-11-10-17(34-25)18(24(32)33)19(25)22(30)28(21)13-5-4-6-14-29/h3,7-9,17-19,21,29H,1,4-6,10-14H2,2H3,(H,32,33)/t17-,18+,19+,21?,25?/m1/s1. The fraction of sp³-hybridized carbons (Fsp3) is 0.560. The number of para-hydroxylation sites is 1. The highest BCUT2D eigenvalue weighted by Crippen LogP contribution is 2.58. The van der Waals surface area contributed by atoms with E-state index in [1.54, 1.807) is 18.2 Å². The second kappa shape index (κ2) is 9.68. The Balaban J connectivity index is 1.76. The fourth-order valence-corrected chi connectivity index (χ4v) is 6.38. The molecular formula is C25H31ClN2O6. The third-order valence-corrected chi connectivity index (χ3v) is 7.72. The lowest BCUT2D eigenvalue weighted by molar-refractivity contribution is -0.149. The Morgan fingerprint density at radius 2 is 2.12 bits per heavy atom. The van der Waals surface area contributed by atoms with Crippen molar-refractivity contribution < 1.29 is 29.3 Å². The van der Waals surface area contributed by atoms with Crippen molar-refractivity contribution >= 4 is 35.1 Å². The van der Waals surface area contributed by atoms with E-state index in [1.165, 1.54) is 9.80 Å². The van der Waals surface area contributed by atoms with E-state index in [2.05, 4.69) is 6.58 Å². The lowest BCUT2D eigenvalue weighted by atomic mass is 9.70. The zero-order chi connectivity index (χ0) is 24.6. The number of nitrogens with zero attached hydrogens (tertiary/aromatic N) is 2. The maximum absolute atomic E-state index is 14.2. The van der Waals surface area contributed by atoms with Crippen molar-refractivity contribution in [2.45, 2.75) is 56.8 Å². The predicted molar refractivity (Wildman–Crippen MR) is 127 cm³/mol. The first kappa shape index (κ1) is 24.7. The highest BCUT2D eigenvalue weighted by Gasteiger charge is 2.74. The van der Waals surface area contributed by atoms with Crippen LogP contribution >= 0.6 is 11.6 Å². The zero-order valence-corrected chi connectivity index (χ0v) is 20.0. The summed E-state index contributed by atoms with van der Waals surface area (Å²) in [6, 6.07) is 4.41. The van der Waals surface area contributed by atoms with Crippen LogP contribution in [0.25, 0.3) is 0 Å². The molecule has 3 aliphatic rings. The van der Waals surface area contributed by atoms with E-state index >= 15 is 0 Å². The number of aliphatic carboxylic acids is 1. The summed E-state index contributed by atoms with van der Waals surface area (Å²) >= 11 is 6.51. The van der Waals surface area contributed by atoms with E-state index < -0.39 is 35.6 Å². The number of likely N-dealkylation sites (tertiary alicyclic amines) is 1. The molecule has 9 heteroatoms. The molecule has 8 nitrogen and oxygen atoms in total. The number of carbonyl (C=O) groups excluding carboxylic acids is 2. The molecule has 3 fully saturated rings. The molecule has 1 spiro atoms. The highest BCUT2D eigenvalue weighted by atomic mass is 35.5. The van der Waals surface area contributed by atoms with Crippen LogP contribution in [0.3, 0.4) is 0 Å². The number of ether oxygens (including phenoxy) is 1. The molecule has 3 heterocycles. The second-order valence-corrected chi connectivity index (χ2v) is 9.76. The molecule has 184 valence electrons. The number of hydrogen-bond donors (Lipinski definition) is 2. The number of fused-ring (bicyclic) bond motifs is 1. The second-order valence-electron chi connectivity index (χ2n) is 9.35. The number of halogens is 1. The Bertz CT molecular complexity index is 979. The van der Waals surface area contributed by atoms with Crippen molar-refractivity contribution in [3.05, 3.63) is 41.4 Å². The van der Waals surface area contributed by atoms with Crippen molar-refractivity contribution in [3.8, 4) is 0 Å². The number of anilines is 1. The third kappa shape index (κ3) is 3.82. The van der Waals surface area contributed by atoms with Crippen molar-refractivity contribution in [1.82, 2.24) is 4.90 Å². The first-order valence-electron chi connectivity index (χ1n) is 11.8. The molecule has 1 aromatic rings. The summed E-state index contributed by atoms with van der Waals surface area (Å²) in [6.07, 6.45) is 3.84. The number of rotatable bonds is 10. The molecule has 2 amide bonds. The van der Waals surface area contributed by atoms with Gasteiger partial charge in [-0.05, 0) is 50.7 Å². The van der Waals surface area contributed by atoms with Crippen LogP contribution in [0.15, 0.2) is 30.9 Å². The van der Waals surface area contributed by atoms with Gasteiger partial charge in [-0.15, -0.1) is 6.58 Å². The molecule has 0 aromatic heterocycles. The Labute approximate surface area is 204 Å². The van der Waals surface area contributed by atoms with Crippen LogP contribution in [-0.4, -0.2) is 70.3 Å². The lowest BCUT2D eigenvalue weighted by Crippen LogP contribution is -2.56. The molecule has 4 rings (SSSR count). The van der Waals surface area contributed by atoms with E-state index in [0.717, 1.165) is 5.56 Å². The summed E-state index contributed by atoms with van der Waals surface area (Å²) in [4.78, 5) is 43.0. The quantitative estimate of drug-likeness (QED) is 0.386. The topological polar surface area (TPSA) is 107 Å². The van der Waals surface area contributed by atoms with Crippen molar-refractivity contribution in [2.75, 3.05) is 24.6 Å². The minimum Gasteiger partial charge on any atom is -0.481 e. The molecular weight excluding hydrogens is 460 g/mol. The number of aliphatic hydroxyl groups is 1. The SMILES string of the molecule is C=CCN(C(=O)C1N(CCCCCO)C(=O)[C@@H]2[C@@H](C(=O)O)[C@H]3CCC12O3)c1c(C)cccc1Cl. The number of amides is 2. The van der Waals surface area contributed by atoms with Gasteiger partial charge in [-0.2, -0.15) is 0 Å². The maximum Gasteiger partial charge on any atom is 0.310 e. The van der Waals surface area contributed by atoms with Gasteiger partial charge in [-0.3, -0.25) is 14.4 Å². The number of hydrogen-bond acceptors (Lipinski definition) is 5. The smallest absolute Gasteiger partial charge is 0.310 e. The molecule has 2 unspecified atom stereocenters. The number of carbonyl (C=O) groups is 3. The van der Waals surface area contributed by atoms with Crippen molar-refractivity contribution in [2.24, 2.45) is 11.8 Å². The Morgan fingerprint density at radius 3 is 2.76 bits per heavy atom. The van der Waals surface area contributed by atoms with E-state index in [0.29, 0.717) is 42.8 Å². The number of carboxylic acids is 1. The first-order chi connectivity index (χ1) is 16.3. The molecule has 3 saturated heterocycles. The average molecular weight is 491 g/mol. The Hall–Kier alpha value is -2.42. The van der Waals surface area contributed by atoms with Crippen LogP contribution in [0.2, 0.25) is 5.02 Å². The number of aryl methyl sites for hydroxylation is 1. The van der Waals surface area contributed by atoms with Crippen LogP contribution in [0.4, 0.5) is 5.69 Å². The van der Waals surface area contributed by atoms with Gasteiger partial charge < -0.3 is 24.7 Å². The molecule has 5 atom stereocenters. The number of carboxylic acid groups (broad SMARTS) is 1. The van der Waals surface area contributed by atoms with E-state index in [-0.39, 0.29) is 31.5 Å². The number of benzene rings is 1. The molecule has 2 N–H and O–H groups in total. The van der Waals surface area contributed by atoms with Crippen LogP contribution in [0.1, 0.15) is 37.7 Å². The first-order valence-corrected chi connectivity index (χ1v) is 12.2. The fourth-order valence-electron chi connectivity index (χ4n) is 6.06. The predicted octanol–water partition coefficient (Wildman–Crippen LogP) is 2.79. The zero-order valence-electron chi connectivity index (χ0n) is 19.3. The van der Waals surface area contributed by atoms with Crippen LogP contribution in [0.5, 0.6) is 0 Å². The summed E-state index contributed by atoms with van der Waals surface area (Å²) in [6.45, 7) is 6.17.